The Morgan fingerprint density at radius 3 is 2.40 bits per heavy atom. The number of hydrogen-bond donors (Lipinski definition) is 2. The predicted molar refractivity (Wildman–Crippen MR) is 105 cm³/mol. The topological polar surface area (TPSA) is 67.4 Å². The van der Waals surface area contributed by atoms with E-state index in [4.69, 9.17) is 4.74 Å². The molecule has 0 aliphatic rings. The molecule has 0 aromatic heterocycles. The van der Waals surface area contributed by atoms with Crippen molar-refractivity contribution in [3.63, 3.8) is 0 Å². The van der Waals surface area contributed by atoms with Gasteiger partial charge >= 0.3 is 6.18 Å². The third kappa shape index (κ3) is 5.50. The second-order valence-corrected chi connectivity index (χ2v) is 6.68. The normalized spacial score (nSPS) is 12.3. The summed E-state index contributed by atoms with van der Waals surface area (Å²) in [7, 11) is 0. The molecule has 3 aromatic rings. The minimum Gasteiger partial charge on any atom is -0.481 e. The summed E-state index contributed by atoms with van der Waals surface area (Å²) in [6, 6.07) is 17.5. The fraction of sp³-hybridized carbons (Fsp3) is 0.182. The van der Waals surface area contributed by atoms with Crippen LogP contribution in [0.3, 0.4) is 0 Å². The van der Waals surface area contributed by atoms with Gasteiger partial charge in [0, 0.05) is 0 Å². The van der Waals surface area contributed by atoms with Gasteiger partial charge in [-0.1, -0.05) is 48.5 Å². The van der Waals surface area contributed by atoms with Crippen molar-refractivity contribution in [2.45, 2.75) is 25.6 Å². The van der Waals surface area contributed by atoms with Crippen LogP contribution in [-0.2, 0) is 22.2 Å². The van der Waals surface area contributed by atoms with E-state index in [-0.39, 0.29) is 12.0 Å². The van der Waals surface area contributed by atoms with Crippen LogP contribution in [0.25, 0.3) is 10.8 Å². The van der Waals surface area contributed by atoms with Crippen LogP contribution in [0.5, 0.6) is 5.75 Å². The number of amides is 2. The van der Waals surface area contributed by atoms with Crippen LogP contribution in [0, 0.1) is 0 Å². The van der Waals surface area contributed by atoms with Gasteiger partial charge in [-0.25, -0.2) is 0 Å². The molecule has 0 spiro atoms. The van der Waals surface area contributed by atoms with Gasteiger partial charge in [0.1, 0.15) is 5.75 Å². The van der Waals surface area contributed by atoms with Crippen LogP contribution >= 0.6 is 0 Å². The first-order valence-electron chi connectivity index (χ1n) is 9.12. The highest BCUT2D eigenvalue weighted by Crippen LogP contribution is 2.29. The van der Waals surface area contributed by atoms with Gasteiger partial charge in [0.05, 0.1) is 12.0 Å². The lowest BCUT2D eigenvalue weighted by Crippen LogP contribution is -2.47. The van der Waals surface area contributed by atoms with E-state index in [1.54, 1.807) is 12.1 Å². The molecule has 30 heavy (non-hydrogen) atoms. The molecule has 1 unspecified atom stereocenters. The van der Waals surface area contributed by atoms with Crippen LogP contribution < -0.4 is 15.6 Å². The van der Waals surface area contributed by atoms with Crippen LogP contribution in [0.2, 0.25) is 0 Å². The average Bonchev–Trinajstić information content (AvgIpc) is 2.71. The number of ether oxygens (including phenoxy) is 1. The molecule has 0 saturated carbocycles. The molecule has 8 heteroatoms. The molecule has 3 aromatic carbocycles. The third-order valence-corrected chi connectivity index (χ3v) is 4.35. The zero-order valence-electron chi connectivity index (χ0n) is 16.0. The Bertz CT molecular complexity index is 1070. The molecule has 0 aliphatic carbocycles. The number of carbonyl (C=O) groups is 2. The number of alkyl halides is 3. The number of rotatable bonds is 5. The molecule has 5 nitrogen and oxygen atoms in total. The highest BCUT2D eigenvalue weighted by molar-refractivity contribution is 5.86. The molecule has 0 bridgehead atoms. The van der Waals surface area contributed by atoms with E-state index in [1.807, 2.05) is 30.3 Å². The number of hydrogen-bond acceptors (Lipinski definition) is 3. The number of nitrogens with one attached hydrogen (secondary N) is 2. The Balaban J connectivity index is 1.52. The number of halogens is 3. The van der Waals surface area contributed by atoms with E-state index in [0.717, 1.165) is 22.9 Å². The molecule has 156 valence electrons. The Morgan fingerprint density at radius 2 is 1.67 bits per heavy atom. The molecule has 2 amide bonds. The van der Waals surface area contributed by atoms with Crippen LogP contribution in [0.4, 0.5) is 13.2 Å². The van der Waals surface area contributed by atoms with Gasteiger partial charge in [0.2, 0.25) is 5.91 Å². The molecule has 0 radical (unpaired) electrons. The van der Waals surface area contributed by atoms with Gasteiger partial charge in [0.25, 0.3) is 5.91 Å². The molecule has 0 fully saturated rings. The van der Waals surface area contributed by atoms with Gasteiger partial charge in [-0.2, -0.15) is 13.2 Å². The summed E-state index contributed by atoms with van der Waals surface area (Å²) in [6.07, 6.45) is -5.71. The summed E-state index contributed by atoms with van der Waals surface area (Å²) in [4.78, 5) is 24.1. The first-order chi connectivity index (χ1) is 14.2. The molecular weight excluding hydrogens is 397 g/mol. The van der Waals surface area contributed by atoms with Gasteiger partial charge in [-0.15, -0.1) is 0 Å². The maximum absolute atomic E-state index is 12.7. The van der Waals surface area contributed by atoms with E-state index in [1.165, 1.54) is 19.1 Å². The lowest BCUT2D eigenvalue weighted by Gasteiger charge is -2.15. The minimum atomic E-state index is -4.49. The minimum absolute atomic E-state index is 0.178. The SMILES string of the molecule is CC(Oc1ccc2ccccc2c1)C(=O)NNC(=O)Cc1cccc(C(F)(F)F)c1. The van der Waals surface area contributed by atoms with Crippen LogP contribution in [0.1, 0.15) is 18.1 Å². The van der Waals surface area contributed by atoms with Crippen molar-refractivity contribution in [2.24, 2.45) is 0 Å². The van der Waals surface area contributed by atoms with Crippen LogP contribution in [-0.4, -0.2) is 17.9 Å². The van der Waals surface area contributed by atoms with E-state index >= 15 is 0 Å². The fourth-order valence-corrected chi connectivity index (χ4v) is 2.82. The Labute approximate surface area is 170 Å². The second-order valence-electron chi connectivity index (χ2n) is 6.68. The van der Waals surface area contributed by atoms with Crippen molar-refractivity contribution in [2.75, 3.05) is 0 Å². The average molecular weight is 416 g/mol. The molecular formula is C22H19F3N2O3. The van der Waals surface area contributed by atoms with Gasteiger partial charge in [-0.05, 0) is 41.5 Å². The Hall–Kier alpha value is -3.55. The van der Waals surface area contributed by atoms with E-state index in [0.29, 0.717) is 5.75 Å². The summed E-state index contributed by atoms with van der Waals surface area (Å²) in [5.41, 5.74) is 3.74. The maximum Gasteiger partial charge on any atom is 0.416 e. The highest BCUT2D eigenvalue weighted by Gasteiger charge is 2.30. The maximum atomic E-state index is 12.7. The fourth-order valence-electron chi connectivity index (χ4n) is 2.82. The summed E-state index contributed by atoms with van der Waals surface area (Å²) in [5, 5.41) is 1.99. The van der Waals surface area contributed by atoms with Crippen molar-refractivity contribution in [3.05, 3.63) is 77.9 Å². The number of fused-ring (bicyclic) bond motifs is 1. The predicted octanol–water partition coefficient (Wildman–Crippen LogP) is 4.02. The third-order valence-electron chi connectivity index (χ3n) is 4.35. The second kappa shape index (κ2) is 8.86. The molecule has 0 aliphatic heterocycles. The van der Waals surface area contributed by atoms with Crippen molar-refractivity contribution < 1.29 is 27.5 Å². The molecule has 2 N–H and O–H groups in total. The highest BCUT2D eigenvalue weighted by atomic mass is 19.4. The zero-order chi connectivity index (χ0) is 21.7. The summed E-state index contributed by atoms with van der Waals surface area (Å²) >= 11 is 0. The number of hydrazine groups is 1. The summed E-state index contributed by atoms with van der Waals surface area (Å²) in [5.74, 6) is -0.757. The zero-order valence-corrected chi connectivity index (χ0v) is 16.0. The molecule has 3 rings (SSSR count). The van der Waals surface area contributed by atoms with E-state index < -0.39 is 29.7 Å². The van der Waals surface area contributed by atoms with Crippen molar-refractivity contribution in [1.29, 1.82) is 0 Å². The van der Waals surface area contributed by atoms with E-state index in [9.17, 15) is 22.8 Å². The van der Waals surface area contributed by atoms with E-state index in [2.05, 4.69) is 10.9 Å². The quantitative estimate of drug-likeness (QED) is 0.618. The number of carbonyl (C=O) groups excluding carboxylic acids is 2. The molecule has 0 heterocycles. The van der Waals surface area contributed by atoms with Gasteiger partial charge in [-0.3, -0.25) is 20.4 Å². The van der Waals surface area contributed by atoms with Crippen molar-refractivity contribution in [3.8, 4) is 5.75 Å². The Morgan fingerprint density at radius 1 is 0.933 bits per heavy atom. The van der Waals surface area contributed by atoms with Gasteiger partial charge < -0.3 is 4.74 Å². The standard InChI is InChI=1S/C22H19F3N2O3/c1-14(30-19-10-9-16-6-2-3-7-17(16)13-19)21(29)27-26-20(28)12-15-5-4-8-18(11-15)22(23,24)25/h2-11,13-14H,12H2,1H3,(H,26,28)(H,27,29). The largest absolute Gasteiger partial charge is 0.481 e. The van der Waals surface area contributed by atoms with Crippen LogP contribution in [0.15, 0.2) is 66.7 Å². The van der Waals surface area contributed by atoms with Crippen molar-refractivity contribution in [1.82, 2.24) is 10.9 Å². The summed E-state index contributed by atoms with van der Waals surface area (Å²) < 4.78 is 43.8. The first kappa shape index (κ1) is 21.2. The summed E-state index contributed by atoms with van der Waals surface area (Å²) in [6.45, 7) is 1.52. The van der Waals surface area contributed by atoms with Gasteiger partial charge in [0.15, 0.2) is 6.10 Å². The monoisotopic (exact) mass is 416 g/mol. The smallest absolute Gasteiger partial charge is 0.416 e. The number of benzene rings is 3. The molecule has 0 saturated heterocycles. The van der Waals surface area contributed by atoms with Crippen molar-refractivity contribution >= 4 is 22.6 Å². The molecule has 1 atom stereocenters. The lowest BCUT2D eigenvalue weighted by molar-refractivity contribution is -0.137. The lowest BCUT2D eigenvalue weighted by atomic mass is 10.1. The first-order valence-corrected chi connectivity index (χ1v) is 9.12. The Kier molecular flexibility index (Phi) is 6.25.